The molecule has 0 saturated carbocycles. The first-order valence-corrected chi connectivity index (χ1v) is 8.31. The van der Waals surface area contributed by atoms with E-state index in [0.717, 1.165) is 42.5 Å². The molecule has 3 rings (SSSR count). The maximum atomic E-state index is 13.0. The summed E-state index contributed by atoms with van der Waals surface area (Å²) in [7, 11) is 0. The van der Waals surface area contributed by atoms with Gasteiger partial charge in [0.2, 0.25) is 0 Å². The number of hydrogen-bond donors (Lipinski definition) is 0. The molecule has 0 N–H and O–H groups in total. The third-order valence-corrected chi connectivity index (χ3v) is 3.63. The van der Waals surface area contributed by atoms with Crippen molar-refractivity contribution in [3.05, 3.63) is 103 Å². The largest absolute Gasteiger partial charge is 0.457 e. The molecule has 0 aliphatic heterocycles. The van der Waals surface area contributed by atoms with E-state index in [1.807, 2.05) is 0 Å². The summed E-state index contributed by atoms with van der Waals surface area (Å²) in [4.78, 5) is 19.4. The van der Waals surface area contributed by atoms with Gasteiger partial charge in [0.25, 0.3) is 11.4 Å². The molecular formula is C20H9F3N4O5. The molecule has 9 nitrogen and oxygen atoms in total. The maximum Gasteiger partial charge on any atom is 0.287 e. The highest BCUT2D eigenvalue weighted by Crippen LogP contribution is 2.28. The normalized spacial score (nSPS) is 9.53. The number of nitriles is 2. The van der Waals surface area contributed by atoms with Crippen molar-refractivity contribution in [1.29, 1.82) is 10.5 Å². The fraction of sp³-hybridized carbons (Fsp3) is 0. The van der Waals surface area contributed by atoms with Crippen LogP contribution in [0.2, 0.25) is 0 Å². The van der Waals surface area contributed by atoms with Crippen LogP contribution in [0.3, 0.4) is 0 Å². The van der Waals surface area contributed by atoms with Crippen molar-refractivity contribution in [3.8, 4) is 23.6 Å². The molecule has 0 radical (unpaired) electrons. The van der Waals surface area contributed by atoms with Crippen LogP contribution in [0.25, 0.3) is 0 Å². The second kappa shape index (κ2) is 10.2. The van der Waals surface area contributed by atoms with Crippen molar-refractivity contribution in [2.45, 2.75) is 0 Å². The fourth-order valence-corrected chi connectivity index (χ4v) is 2.31. The molecule has 0 heterocycles. The first-order valence-electron chi connectivity index (χ1n) is 8.31. The van der Waals surface area contributed by atoms with Gasteiger partial charge < -0.3 is 4.74 Å². The Morgan fingerprint density at radius 3 is 1.69 bits per heavy atom. The van der Waals surface area contributed by atoms with Gasteiger partial charge in [0.1, 0.15) is 52.2 Å². The smallest absolute Gasteiger partial charge is 0.287 e. The van der Waals surface area contributed by atoms with Gasteiger partial charge in [0.05, 0.1) is 9.85 Å². The van der Waals surface area contributed by atoms with Crippen molar-refractivity contribution in [2.24, 2.45) is 0 Å². The Morgan fingerprint density at radius 2 is 1.19 bits per heavy atom. The number of benzene rings is 3. The predicted octanol–water partition coefficient (Wildman–Crippen LogP) is 5.14. The lowest BCUT2D eigenvalue weighted by Gasteiger charge is -2.06. The van der Waals surface area contributed by atoms with E-state index in [0.29, 0.717) is 6.07 Å². The second-order valence-corrected chi connectivity index (χ2v) is 5.79. The van der Waals surface area contributed by atoms with Crippen molar-refractivity contribution in [1.82, 2.24) is 0 Å². The molecule has 3 aromatic carbocycles. The number of halogens is 3. The van der Waals surface area contributed by atoms with Gasteiger partial charge in [-0.1, -0.05) is 0 Å². The number of nitro groups is 2. The van der Waals surface area contributed by atoms with E-state index in [-0.39, 0.29) is 34.0 Å². The van der Waals surface area contributed by atoms with Gasteiger partial charge in [-0.2, -0.15) is 10.5 Å². The SMILES string of the molecule is N#Cc1cc(F)ccc1[N+](=O)[O-].N#Cc1cc(Oc2cc(F)cc(F)c2)ccc1[N+](=O)[O-]. The molecule has 12 heteroatoms. The van der Waals surface area contributed by atoms with Gasteiger partial charge >= 0.3 is 0 Å². The summed E-state index contributed by atoms with van der Waals surface area (Å²) in [5.41, 5.74) is -1.21. The van der Waals surface area contributed by atoms with E-state index in [4.69, 9.17) is 15.3 Å². The molecule has 32 heavy (non-hydrogen) atoms. The van der Waals surface area contributed by atoms with E-state index in [1.54, 1.807) is 6.07 Å². The summed E-state index contributed by atoms with van der Waals surface area (Å²) in [6.45, 7) is 0. The average molecular weight is 442 g/mol. The second-order valence-electron chi connectivity index (χ2n) is 5.79. The third kappa shape index (κ3) is 6.01. The number of ether oxygens (including phenoxy) is 1. The average Bonchev–Trinajstić information content (AvgIpc) is 2.72. The Balaban J connectivity index is 0.000000258. The van der Waals surface area contributed by atoms with Crippen LogP contribution in [0.5, 0.6) is 11.5 Å². The van der Waals surface area contributed by atoms with Crippen molar-refractivity contribution in [3.63, 3.8) is 0 Å². The molecule has 0 bridgehead atoms. The van der Waals surface area contributed by atoms with Gasteiger partial charge in [-0.25, -0.2) is 13.2 Å². The van der Waals surface area contributed by atoms with E-state index in [2.05, 4.69) is 0 Å². The number of rotatable bonds is 4. The summed E-state index contributed by atoms with van der Waals surface area (Å²) in [5.74, 6) is -2.33. The zero-order valence-corrected chi connectivity index (χ0v) is 15.7. The Kier molecular flexibility index (Phi) is 7.41. The summed E-state index contributed by atoms with van der Waals surface area (Å²) < 4.78 is 43.6. The summed E-state index contributed by atoms with van der Waals surface area (Å²) in [6.07, 6.45) is 0. The highest BCUT2D eigenvalue weighted by Gasteiger charge is 2.15. The van der Waals surface area contributed by atoms with E-state index in [9.17, 15) is 33.4 Å². The Bertz CT molecular complexity index is 1260. The molecule has 0 amide bonds. The molecule has 0 unspecified atom stereocenters. The minimum Gasteiger partial charge on any atom is -0.457 e. The molecule has 0 atom stereocenters. The number of nitro benzene ring substituents is 2. The predicted molar refractivity (Wildman–Crippen MR) is 102 cm³/mol. The minimum absolute atomic E-state index is 0.0668. The third-order valence-electron chi connectivity index (χ3n) is 3.63. The summed E-state index contributed by atoms with van der Waals surface area (Å²) in [6, 6.07) is 12.0. The van der Waals surface area contributed by atoms with Crippen LogP contribution in [-0.2, 0) is 0 Å². The zero-order chi connectivity index (χ0) is 23.8. The van der Waals surface area contributed by atoms with Gasteiger partial charge in [0.15, 0.2) is 0 Å². The topological polar surface area (TPSA) is 143 Å². The first kappa shape index (κ1) is 23.3. The molecule has 0 saturated heterocycles. The first-order chi connectivity index (χ1) is 15.1. The van der Waals surface area contributed by atoms with Crippen LogP contribution in [-0.4, -0.2) is 9.85 Å². The van der Waals surface area contributed by atoms with Gasteiger partial charge in [-0.3, -0.25) is 20.2 Å². The Morgan fingerprint density at radius 1 is 0.688 bits per heavy atom. The highest BCUT2D eigenvalue weighted by molar-refractivity contribution is 5.52. The molecule has 0 fully saturated rings. The molecular weight excluding hydrogens is 433 g/mol. The zero-order valence-electron chi connectivity index (χ0n) is 15.7. The molecule has 0 aliphatic rings. The lowest BCUT2D eigenvalue weighted by Crippen LogP contribution is -1.93. The standard InChI is InChI=1S/C13H6F2N2O3.C7H3FN2O2/c14-9-4-10(15)6-12(5-9)20-11-1-2-13(17(18)19)8(3-11)7-16;8-6-1-2-7(10(11)12)5(3-6)4-9/h1-6H;1-3H. The number of nitrogens with zero attached hydrogens (tertiary/aromatic N) is 4. The maximum absolute atomic E-state index is 13.0. The lowest BCUT2D eigenvalue weighted by atomic mass is 10.2. The van der Waals surface area contributed by atoms with Crippen molar-refractivity contribution < 1.29 is 27.8 Å². The minimum atomic E-state index is -0.817. The van der Waals surface area contributed by atoms with E-state index >= 15 is 0 Å². The van der Waals surface area contributed by atoms with E-state index < -0.39 is 27.3 Å². The summed E-state index contributed by atoms with van der Waals surface area (Å²) in [5, 5.41) is 38.1. The Hall–Kier alpha value is -4.97. The van der Waals surface area contributed by atoms with Crippen LogP contribution in [0.15, 0.2) is 54.6 Å². The molecule has 0 aliphatic carbocycles. The quantitative estimate of drug-likeness (QED) is 0.402. The fourth-order valence-electron chi connectivity index (χ4n) is 2.31. The summed E-state index contributed by atoms with van der Waals surface area (Å²) >= 11 is 0. The van der Waals surface area contributed by atoms with Crippen molar-refractivity contribution in [2.75, 3.05) is 0 Å². The van der Waals surface area contributed by atoms with Crippen LogP contribution in [0.4, 0.5) is 24.5 Å². The van der Waals surface area contributed by atoms with Gasteiger partial charge in [-0.15, -0.1) is 0 Å². The van der Waals surface area contributed by atoms with Crippen LogP contribution in [0, 0.1) is 60.3 Å². The monoisotopic (exact) mass is 442 g/mol. The van der Waals surface area contributed by atoms with Gasteiger partial charge in [0, 0.05) is 36.4 Å². The lowest BCUT2D eigenvalue weighted by molar-refractivity contribution is -0.385. The molecule has 0 spiro atoms. The van der Waals surface area contributed by atoms with Crippen LogP contribution in [0.1, 0.15) is 11.1 Å². The van der Waals surface area contributed by atoms with Crippen molar-refractivity contribution >= 4 is 11.4 Å². The number of hydrogen-bond acceptors (Lipinski definition) is 7. The molecule has 3 aromatic rings. The molecule has 0 aromatic heterocycles. The molecule has 160 valence electrons. The van der Waals surface area contributed by atoms with E-state index in [1.165, 1.54) is 12.1 Å². The highest BCUT2D eigenvalue weighted by atomic mass is 19.1. The van der Waals surface area contributed by atoms with Crippen LogP contribution < -0.4 is 4.74 Å². The van der Waals surface area contributed by atoms with Gasteiger partial charge in [-0.05, 0) is 18.2 Å². The van der Waals surface area contributed by atoms with Crippen LogP contribution >= 0.6 is 0 Å². The Labute approximate surface area is 177 Å².